The van der Waals surface area contributed by atoms with Gasteiger partial charge in [-0.05, 0) is 106 Å². The Kier molecular flexibility index (Phi) is 31.2. The Morgan fingerprint density at radius 3 is 1.66 bits per heavy atom. The van der Waals surface area contributed by atoms with E-state index in [-0.39, 0.29) is 95.4 Å². The summed E-state index contributed by atoms with van der Waals surface area (Å²) in [5.74, 6) is -13.0. The highest BCUT2D eigenvalue weighted by molar-refractivity contribution is 8.76. The van der Waals surface area contributed by atoms with Gasteiger partial charge >= 0.3 is 0 Å². The van der Waals surface area contributed by atoms with E-state index in [1.165, 1.54) is 12.5 Å². The molecule has 8 amide bonds. The molecule has 7 heterocycles. The number of unbranched alkanes of at least 4 members (excludes halogenated alkanes) is 3. The van der Waals surface area contributed by atoms with Crippen LogP contribution in [0.4, 0.5) is 0 Å². The zero-order chi connectivity index (χ0) is 78.1. The molecular formula is C79H102N16O13S2. The Hall–Kier alpha value is -9.66. The summed E-state index contributed by atoms with van der Waals surface area (Å²) in [7, 11) is 2.15. The lowest BCUT2D eigenvalue weighted by atomic mass is 9.82. The van der Waals surface area contributed by atoms with E-state index >= 15 is 43.2 Å². The molecular weight excluding hydrogens is 1450 g/mol. The number of fused-ring (bicyclic) bond motifs is 8. The number of ether oxygens (including phenoxy) is 1. The number of hydrogen-bond donors (Lipinski definition) is 13. The predicted molar refractivity (Wildman–Crippen MR) is 419 cm³/mol. The van der Waals surface area contributed by atoms with Gasteiger partial charge in [-0.25, -0.2) is 4.98 Å². The Bertz CT molecular complexity index is 4260. The van der Waals surface area contributed by atoms with Crippen molar-refractivity contribution in [3.63, 3.8) is 0 Å². The summed E-state index contributed by atoms with van der Waals surface area (Å²) in [6.45, 7) is 1.53. The lowest BCUT2D eigenvalue weighted by Crippen LogP contribution is -2.61. The second-order valence-corrected chi connectivity index (χ2v) is 31.4. The van der Waals surface area contributed by atoms with E-state index in [0.717, 1.165) is 37.4 Å². The molecule has 16 N–H and O–H groups in total. The fraction of sp³-hybridized carbons (Fsp3) is 0.494. The van der Waals surface area contributed by atoms with Gasteiger partial charge in [0.2, 0.25) is 47.3 Å². The molecule has 0 unspecified atom stereocenters. The number of rotatable bonds is 22. The van der Waals surface area contributed by atoms with Crippen molar-refractivity contribution in [3.05, 3.63) is 138 Å². The average Bonchev–Trinajstić information content (AvgIpc) is 1.65. The number of aromatic amines is 3. The number of aliphatic imine (C=N–C) groups is 1. The molecule has 6 aromatic rings. The van der Waals surface area contributed by atoms with Crippen molar-refractivity contribution in [2.24, 2.45) is 45.9 Å². The van der Waals surface area contributed by atoms with Crippen LogP contribution in [0.5, 0.6) is 0 Å². The number of carbonyl (C=O) groups excluding carboxylic acids is 12. The van der Waals surface area contributed by atoms with E-state index in [0.29, 0.717) is 90.5 Å². The van der Waals surface area contributed by atoms with Crippen LogP contribution in [0, 0.1) is 23.7 Å². The van der Waals surface area contributed by atoms with Crippen LogP contribution < -0.4 is 54.4 Å². The number of Topliss-reactive ketones (excluding diaryl/α,β-unsaturated/α-hetero) is 4. The molecule has 10 rings (SSSR count). The highest BCUT2D eigenvalue weighted by Crippen LogP contribution is 2.33. The second kappa shape index (κ2) is 41.4. The van der Waals surface area contributed by atoms with E-state index in [2.05, 4.69) is 62.1 Å². The van der Waals surface area contributed by atoms with Gasteiger partial charge in [0.1, 0.15) is 66.4 Å². The van der Waals surface area contributed by atoms with Gasteiger partial charge in [0.05, 0.1) is 19.0 Å². The van der Waals surface area contributed by atoms with Crippen LogP contribution >= 0.6 is 21.6 Å². The molecule has 29 nitrogen and oxygen atoms in total. The number of carbonyl (C=O) groups is 12. The number of hydrogen-bond acceptors (Lipinski definition) is 20. The minimum absolute atomic E-state index is 0.00549. The lowest BCUT2D eigenvalue weighted by Gasteiger charge is -2.30. The number of aromatic nitrogens is 4. The predicted octanol–water partition coefficient (Wildman–Crippen LogP) is 4.09. The first-order chi connectivity index (χ1) is 53.3. The van der Waals surface area contributed by atoms with Crippen molar-refractivity contribution in [1.29, 1.82) is 0 Å². The normalized spacial score (nSPS) is 25.5. The van der Waals surface area contributed by atoms with Gasteiger partial charge in [-0.3, -0.25) is 62.5 Å². The number of allylic oxidation sites excluding steroid dienone is 1. The van der Waals surface area contributed by atoms with Crippen molar-refractivity contribution in [2.75, 3.05) is 44.5 Å². The average molecular weight is 1550 g/mol. The zero-order valence-electron chi connectivity index (χ0n) is 62.0. The molecule has 12 atom stereocenters. The molecule has 0 saturated carbocycles. The van der Waals surface area contributed by atoms with Crippen LogP contribution in [-0.2, 0) is 88.0 Å². The van der Waals surface area contributed by atoms with E-state index in [1.807, 2.05) is 54.6 Å². The summed E-state index contributed by atoms with van der Waals surface area (Å²) >= 11 is 0. The Morgan fingerprint density at radius 1 is 0.491 bits per heavy atom. The summed E-state index contributed by atoms with van der Waals surface area (Å²) in [5, 5.41) is 21.7. The van der Waals surface area contributed by atoms with Crippen LogP contribution in [0.3, 0.4) is 0 Å². The van der Waals surface area contributed by atoms with Crippen molar-refractivity contribution in [2.45, 2.75) is 177 Å². The van der Waals surface area contributed by atoms with Gasteiger partial charge in [-0.1, -0.05) is 108 Å². The molecule has 3 fully saturated rings. The molecule has 3 saturated heterocycles. The first kappa shape index (κ1) is 82.8. The topological polar surface area (TPSA) is 452 Å². The van der Waals surface area contributed by atoms with Crippen molar-refractivity contribution in [1.82, 2.24) is 62.1 Å². The first-order valence-electron chi connectivity index (χ1n) is 38.1. The molecule has 0 spiro atoms. The van der Waals surface area contributed by atoms with Crippen LogP contribution in [0.15, 0.2) is 121 Å². The van der Waals surface area contributed by atoms with Gasteiger partial charge in [0.25, 0.3) is 0 Å². The molecule has 4 aliphatic heterocycles. The van der Waals surface area contributed by atoms with Crippen LogP contribution in [-0.4, -0.2) is 194 Å². The third kappa shape index (κ3) is 23.2. The quantitative estimate of drug-likeness (QED) is 0.0336. The van der Waals surface area contributed by atoms with Crippen molar-refractivity contribution in [3.8, 4) is 0 Å². The molecule has 0 aliphatic carbocycles. The molecule has 588 valence electrons. The molecule has 3 aromatic carbocycles. The molecule has 2 bridgehead atoms. The monoisotopic (exact) mass is 1550 g/mol. The third-order valence-electron chi connectivity index (χ3n) is 20.8. The minimum Gasteiger partial charge on any atom is -0.361 e. The maximum absolute atomic E-state index is 15.8. The van der Waals surface area contributed by atoms with Crippen molar-refractivity contribution < 1.29 is 62.3 Å². The summed E-state index contributed by atoms with van der Waals surface area (Å²) in [6, 6.07) is 12.3. The standard InChI is InChI=1S/C79H102N16O13S2/c1-47-30-69(97)53-36-70(98)50(32-51-39-85-58-22-7-5-20-56(51)58)35-71(99)62(37-54-19-15-29-84-54)90-75(103)63(31-48-16-3-2-4-17-48)91-77(105)65(38-55-41-83-45-87-55)93-78(106)67-42-108-46-95(67)79(107)66(44-110-109-43-53)94-76(104)64(33-52-40-86-59-23-8-6-21-57(52)59)92-74(102)61(25-11-14-28-82)89-73(101)60(24-10-13-27-81)88-72(100)49(34-68(47)96)18-9-12-26-80/h2-8,16-17,19-23,29,39-41,45,47,49-50,53,60-67,85-86H,9-15,18,24-28,30-38,42-44,46,80-82H2,1H3,(H,83,87)(H,88,100)(H,89,101)(H,90,103)(H,91,105)(H,92,102)(H,93,106)(H,94,104)/t47-,49-,50-,53+,60+,61+,62+,63-,64+,65+,66+,67+/m1/s1. The van der Waals surface area contributed by atoms with E-state index in [4.69, 9.17) is 21.9 Å². The number of ketones is 4. The number of amides is 8. The van der Waals surface area contributed by atoms with Gasteiger partial charge in [-0.2, -0.15) is 0 Å². The van der Waals surface area contributed by atoms with Gasteiger partial charge in [0, 0.05) is 151 Å². The maximum atomic E-state index is 15.8. The van der Waals surface area contributed by atoms with Crippen LogP contribution in [0.2, 0.25) is 0 Å². The van der Waals surface area contributed by atoms with E-state index < -0.39 is 162 Å². The smallest absolute Gasteiger partial charge is 0.248 e. The zero-order valence-corrected chi connectivity index (χ0v) is 63.6. The third-order valence-corrected chi connectivity index (χ3v) is 23.2. The van der Waals surface area contributed by atoms with Gasteiger partial charge in [-0.15, -0.1) is 0 Å². The number of nitrogens with zero attached hydrogens (tertiary/aromatic N) is 3. The summed E-state index contributed by atoms with van der Waals surface area (Å²) in [6.07, 6.45) is 10.9. The highest BCUT2D eigenvalue weighted by atomic mass is 33.1. The first-order valence-corrected chi connectivity index (χ1v) is 40.6. The maximum Gasteiger partial charge on any atom is 0.248 e. The number of nitrogens with one attached hydrogen (secondary N) is 10. The van der Waals surface area contributed by atoms with E-state index in [9.17, 15) is 14.4 Å². The Labute approximate surface area is 646 Å². The minimum atomic E-state index is -1.56. The number of nitrogens with two attached hydrogens (primary N) is 3. The molecule has 31 heteroatoms. The fourth-order valence-corrected chi connectivity index (χ4v) is 16.9. The van der Waals surface area contributed by atoms with Gasteiger partial charge in [0.15, 0.2) is 5.78 Å². The Morgan fingerprint density at radius 2 is 1.04 bits per heavy atom. The number of benzene rings is 3. The second-order valence-electron chi connectivity index (χ2n) is 28.9. The molecule has 0 radical (unpaired) electrons. The molecule has 110 heavy (non-hydrogen) atoms. The molecule has 4 aliphatic rings. The number of imidazole rings is 1. The fourth-order valence-electron chi connectivity index (χ4n) is 14.4. The lowest BCUT2D eigenvalue weighted by molar-refractivity contribution is -0.142. The summed E-state index contributed by atoms with van der Waals surface area (Å²) in [5.41, 5.74) is 22.1. The Balaban J connectivity index is 1.09. The summed E-state index contributed by atoms with van der Waals surface area (Å²) in [4.78, 5) is 203. The highest BCUT2D eigenvalue weighted by Gasteiger charge is 2.43. The largest absolute Gasteiger partial charge is 0.361 e. The number of H-pyrrole nitrogens is 3. The molecule has 3 aromatic heterocycles. The van der Waals surface area contributed by atoms with Crippen LogP contribution in [0.25, 0.3) is 21.8 Å². The van der Waals surface area contributed by atoms with Gasteiger partial charge < -0.3 is 79.0 Å². The van der Waals surface area contributed by atoms with Crippen LogP contribution in [0.1, 0.15) is 126 Å². The number of para-hydroxylation sites is 2. The SMILES string of the molecule is C[C@@H]1CC(=O)[C@@H]2CSSC[C@H](NC(=O)[C@H](Cc3c[nH]c4ccccc34)NC(=O)[C@H](CCCCN)NC(=O)[C@H](CCCCN)NC(=O)[C@H](CCCCN)CC1=O)C(=O)N1COC[C@H]1C(=O)N[C@@H](Cc1cnc[nH]1)C(=O)N[C@H](Cc1ccccc1)C(=O)N[C@@H](CC1=CCC=N1)C(=O)C[C@@H](Cc1c[nH]c3ccccc13)C(=O)C2. The van der Waals surface area contributed by atoms with Crippen molar-refractivity contribution >= 4 is 120 Å². The van der Waals surface area contributed by atoms with E-state index in [1.54, 1.807) is 55.9 Å². The summed E-state index contributed by atoms with van der Waals surface area (Å²) < 4.78 is 5.90.